The highest BCUT2D eigenvalue weighted by molar-refractivity contribution is 5.93. The van der Waals surface area contributed by atoms with Gasteiger partial charge in [0.25, 0.3) is 0 Å². The van der Waals surface area contributed by atoms with Gasteiger partial charge in [0, 0.05) is 12.2 Å². The number of aliphatic hydroxyl groups excluding tert-OH is 1. The van der Waals surface area contributed by atoms with Gasteiger partial charge in [0.05, 0.1) is 12.6 Å². The fraction of sp³-hybridized carbons (Fsp3) is 0.381. The minimum Gasteiger partial charge on any atom is -0.393 e. The lowest BCUT2D eigenvalue weighted by atomic mass is 10.0. The number of carbonyl (C=O) groups is 1. The van der Waals surface area contributed by atoms with E-state index in [-0.39, 0.29) is 17.9 Å². The van der Waals surface area contributed by atoms with Gasteiger partial charge in [-0.15, -0.1) is 0 Å². The summed E-state index contributed by atoms with van der Waals surface area (Å²) in [6.45, 7) is 3.86. The van der Waals surface area contributed by atoms with E-state index in [9.17, 15) is 9.90 Å². The highest BCUT2D eigenvalue weighted by Gasteiger charge is 2.27. The van der Waals surface area contributed by atoms with Crippen LogP contribution in [0, 0.1) is 5.92 Å². The Hall–Kier alpha value is -2.17. The van der Waals surface area contributed by atoms with Crippen LogP contribution in [0.3, 0.4) is 0 Å². The van der Waals surface area contributed by atoms with Gasteiger partial charge in [-0.1, -0.05) is 48.5 Å². The molecule has 4 heteroatoms. The summed E-state index contributed by atoms with van der Waals surface area (Å²) in [4.78, 5) is 14.6. The standard InChI is InChI=1S/C21H26N2O2/c1-16(24)19-11-12-23(14-19)15-21(25)22-20-10-6-5-9-18(20)13-17-7-3-2-4-8-17/h2-10,16,19,24H,11-15H2,1H3,(H,22,25). The third-order valence-electron chi connectivity index (χ3n) is 4.89. The first-order valence-corrected chi connectivity index (χ1v) is 8.94. The molecule has 4 nitrogen and oxygen atoms in total. The Morgan fingerprint density at radius 1 is 1.20 bits per heavy atom. The van der Waals surface area contributed by atoms with Gasteiger partial charge < -0.3 is 10.4 Å². The first kappa shape index (κ1) is 17.6. The van der Waals surface area contributed by atoms with Crippen LogP contribution in [-0.2, 0) is 11.2 Å². The van der Waals surface area contributed by atoms with Gasteiger partial charge in [0.15, 0.2) is 0 Å². The summed E-state index contributed by atoms with van der Waals surface area (Å²) in [6, 6.07) is 18.2. The van der Waals surface area contributed by atoms with Crippen molar-refractivity contribution in [2.24, 2.45) is 5.92 Å². The summed E-state index contributed by atoms with van der Waals surface area (Å²) >= 11 is 0. The number of likely N-dealkylation sites (tertiary alicyclic amines) is 1. The van der Waals surface area contributed by atoms with E-state index < -0.39 is 0 Å². The number of nitrogens with zero attached hydrogens (tertiary/aromatic N) is 1. The van der Waals surface area contributed by atoms with Crippen LogP contribution in [0.5, 0.6) is 0 Å². The minimum atomic E-state index is -0.306. The van der Waals surface area contributed by atoms with Crippen LogP contribution in [0.1, 0.15) is 24.5 Å². The van der Waals surface area contributed by atoms with Gasteiger partial charge in [0.1, 0.15) is 0 Å². The summed E-state index contributed by atoms with van der Waals surface area (Å²) in [5, 5.41) is 12.7. The maximum Gasteiger partial charge on any atom is 0.238 e. The van der Waals surface area contributed by atoms with Crippen molar-refractivity contribution < 1.29 is 9.90 Å². The number of carbonyl (C=O) groups excluding carboxylic acids is 1. The van der Waals surface area contributed by atoms with E-state index in [2.05, 4.69) is 28.4 Å². The van der Waals surface area contributed by atoms with Crippen molar-refractivity contribution in [1.82, 2.24) is 4.90 Å². The molecule has 1 fully saturated rings. The Morgan fingerprint density at radius 2 is 1.92 bits per heavy atom. The van der Waals surface area contributed by atoms with Crippen molar-refractivity contribution in [3.8, 4) is 0 Å². The molecule has 0 bridgehead atoms. The van der Waals surface area contributed by atoms with E-state index in [1.807, 2.05) is 43.3 Å². The molecule has 132 valence electrons. The van der Waals surface area contributed by atoms with Gasteiger partial charge in [-0.3, -0.25) is 9.69 Å². The lowest BCUT2D eigenvalue weighted by molar-refractivity contribution is -0.117. The molecule has 3 rings (SSSR count). The van der Waals surface area contributed by atoms with Gasteiger partial charge >= 0.3 is 0 Å². The molecule has 2 aromatic carbocycles. The van der Waals surface area contributed by atoms with Crippen LogP contribution in [-0.4, -0.2) is 41.7 Å². The normalized spacial score (nSPS) is 18.9. The Labute approximate surface area is 149 Å². The van der Waals surface area contributed by atoms with E-state index in [0.717, 1.165) is 37.2 Å². The third-order valence-corrected chi connectivity index (χ3v) is 4.89. The number of para-hydroxylation sites is 1. The van der Waals surface area contributed by atoms with E-state index in [4.69, 9.17) is 0 Å². The lowest BCUT2D eigenvalue weighted by Gasteiger charge is -2.18. The van der Waals surface area contributed by atoms with E-state index in [1.54, 1.807) is 0 Å². The van der Waals surface area contributed by atoms with Crippen LogP contribution in [0.25, 0.3) is 0 Å². The molecule has 25 heavy (non-hydrogen) atoms. The molecule has 2 N–H and O–H groups in total. The molecule has 1 aliphatic heterocycles. The Morgan fingerprint density at radius 3 is 2.64 bits per heavy atom. The maximum atomic E-state index is 12.4. The zero-order valence-electron chi connectivity index (χ0n) is 14.7. The molecule has 0 aromatic heterocycles. The molecule has 0 saturated carbocycles. The fourth-order valence-corrected chi connectivity index (χ4v) is 3.40. The molecule has 1 aliphatic rings. The number of hydrogen-bond donors (Lipinski definition) is 2. The molecule has 2 unspecified atom stereocenters. The van der Waals surface area contributed by atoms with Crippen LogP contribution in [0.2, 0.25) is 0 Å². The van der Waals surface area contributed by atoms with Gasteiger partial charge in [-0.05, 0) is 49.4 Å². The van der Waals surface area contributed by atoms with Gasteiger partial charge in [-0.2, -0.15) is 0 Å². The molecular weight excluding hydrogens is 312 g/mol. The molecule has 0 radical (unpaired) electrons. The number of aliphatic hydroxyl groups is 1. The van der Waals surface area contributed by atoms with Crippen LogP contribution < -0.4 is 5.32 Å². The number of amides is 1. The first-order valence-electron chi connectivity index (χ1n) is 8.94. The average Bonchev–Trinajstić information content (AvgIpc) is 3.06. The highest BCUT2D eigenvalue weighted by Crippen LogP contribution is 2.21. The Bertz CT molecular complexity index is 700. The van der Waals surface area contributed by atoms with Crippen molar-refractivity contribution in [1.29, 1.82) is 0 Å². The number of hydrogen-bond acceptors (Lipinski definition) is 3. The molecule has 1 heterocycles. The SMILES string of the molecule is CC(O)C1CCN(CC(=O)Nc2ccccc2Cc2ccccc2)C1. The zero-order valence-corrected chi connectivity index (χ0v) is 14.7. The number of benzene rings is 2. The molecule has 1 saturated heterocycles. The van der Waals surface area contributed by atoms with Crippen LogP contribution in [0.15, 0.2) is 54.6 Å². The summed E-state index contributed by atoms with van der Waals surface area (Å²) in [5.41, 5.74) is 3.22. The van der Waals surface area contributed by atoms with Crippen LogP contribution in [0.4, 0.5) is 5.69 Å². The van der Waals surface area contributed by atoms with Gasteiger partial charge in [0.2, 0.25) is 5.91 Å². The third kappa shape index (κ3) is 4.91. The summed E-state index contributed by atoms with van der Waals surface area (Å²) < 4.78 is 0. The quantitative estimate of drug-likeness (QED) is 0.851. The van der Waals surface area contributed by atoms with Gasteiger partial charge in [-0.25, -0.2) is 0 Å². The topological polar surface area (TPSA) is 52.6 Å². The molecule has 0 aliphatic carbocycles. The monoisotopic (exact) mass is 338 g/mol. The number of nitrogens with one attached hydrogen (secondary N) is 1. The van der Waals surface area contributed by atoms with Crippen molar-refractivity contribution in [2.45, 2.75) is 25.9 Å². The predicted octanol–water partition coefficient (Wildman–Crippen LogP) is 2.92. The predicted molar refractivity (Wildman–Crippen MR) is 101 cm³/mol. The first-order chi connectivity index (χ1) is 12.1. The lowest BCUT2D eigenvalue weighted by Crippen LogP contribution is -2.32. The zero-order chi connectivity index (χ0) is 17.6. The fourth-order valence-electron chi connectivity index (χ4n) is 3.40. The molecule has 2 atom stereocenters. The number of anilines is 1. The second-order valence-corrected chi connectivity index (χ2v) is 6.89. The van der Waals surface area contributed by atoms with E-state index in [1.165, 1.54) is 5.56 Å². The summed E-state index contributed by atoms with van der Waals surface area (Å²) in [7, 11) is 0. The Kier molecular flexibility index (Phi) is 5.84. The average molecular weight is 338 g/mol. The highest BCUT2D eigenvalue weighted by atomic mass is 16.3. The molecule has 2 aromatic rings. The Balaban J connectivity index is 1.60. The van der Waals surface area contributed by atoms with E-state index in [0.29, 0.717) is 6.54 Å². The van der Waals surface area contributed by atoms with Crippen molar-refractivity contribution in [2.75, 3.05) is 25.0 Å². The smallest absolute Gasteiger partial charge is 0.238 e. The largest absolute Gasteiger partial charge is 0.393 e. The number of rotatable bonds is 6. The van der Waals surface area contributed by atoms with Crippen molar-refractivity contribution in [3.63, 3.8) is 0 Å². The molecular formula is C21H26N2O2. The minimum absolute atomic E-state index is 0.00625. The van der Waals surface area contributed by atoms with Crippen molar-refractivity contribution in [3.05, 3.63) is 65.7 Å². The van der Waals surface area contributed by atoms with E-state index >= 15 is 0 Å². The second kappa shape index (κ2) is 8.28. The molecule has 1 amide bonds. The molecule has 0 spiro atoms. The van der Waals surface area contributed by atoms with Crippen LogP contribution >= 0.6 is 0 Å². The summed E-state index contributed by atoms with van der Waals surface area (Å²) in [5.74, 6) is 0.282. The van der Waals surface area contributed by atoms with Crippen molar-refractivity contribution >= 4 is 11.6 Å². The summed E-state index contributed by atoms with van der Waals surface area (Å²) in [6.07, 6.45) is 1.44. The maximum absolute atomic E-state index is 12.4. The second-order valence-electron chi connectivity index (χ2n) is 6.89.